The maximum absolute atomic E-state index is 12.2. The summed E-state index contributed by atoms with van der Waals surface area (Å²) in [4.78, 5) is 49.1. The number of nitrogens with zero attached hydrogens (tertiary/aromatic N) is 10. The molecule has 5 heterocycles. The van der Waals surface area contributed by atoms with Crippen LogP contribution in [-0.4, -0.2) is 58.6 Å². The van der Waals surface area contributed by atoms with Gasteiger partial charge in [-0.15, -0.1) is 0 Å². The molecule has 0 radical (unpaired) electrons. The van der Waals surface area contributed by atoms with Gasteiger partial charge in [-0.2, -0.15) is 10.2 Å². The van der Waals surface area contributed by atoms with Crippen LogP contribution in [0.1, 0.15) is 45.5 Å². The molecular weight excluding hydrogens is 719 g/mol. The molecule has 0 bridgehead atoms. The Balaban J connectivity index is 0.000000196. The maximum Gasteiger partial charge on any atom is 0.267 e. The van der Waals surface area contributed by atoms with E-state index in [0.29, 0.717) is 58.2 Å². The number of benzene rings is 2. The van der Waals surface area contributed by atoms with Crippen LogP contribution in [0.3, 0.4) is 0 Å². The largest absolute Gasteiger partial charge is 0.381 e. The Kier molecular flexibility index (Phi) is 12.1. The van der Waals surface area contributed by atoms with E-state index in [1.165, 1.54) is 21.5 Å². The average Bonchev–Trinajstić information content (AvgIpc) is 3.21. The van der Waals surface area contributed by atoms with Gasteiger partial charge in [0.2, 0.25) is 0 Å². The van der Waals surface area contributed by atoms with Crippen LogP contribution < -0.4 is 32.8 Å². The lowest BCUT2D eigenvalue weighted by Gasteiger charge is -2.18. The minimum Gasteiger partial charge on any atom is -0.381 e. The summed E-state index contributed by atoms with van der Waals surface area (Å²) in [5.41, 5.74) is 18.1. The molecule has 0 aliphatic heterocycles. The molecule has 0 unspecified atom stereocenters. The molecule has 0 amide bonds. The first kappa shape index (κ1) is 39.4. The lowest BCUT2D eigenvalue weighted by molar-refractivity contribution is 0.504. The Morgan fingerprint density at radius 2 is 1.09 bits per heavy atom. The Morgan fingerprint density at radius 1 is 0.596 bits per heavy atom. The van der Waals surface area contributed by atoms with Crippen molar-refractivity contribution >= 4 is 23.3 Å². The van der Waals surface area contributed by atoms with Crippen molar-refractivity contribution in [3.8, 4) is 45.3 Å². The highest BCUT2D eigenvalue weighted by molar-refractivity contribution is 5.81. The van der Waals surface area contributed by atoms with Gasteiger partial charge in [0.15, 0.2) is 23.3 Å². The number of aromatic nitrogens is 9. The Labute approximate surface area is 330 Å². The third kappa shape index (κ3) is 9.16. The van der Waals surface area contributed by atoms with Crippen LogP contribution in [0.5, 0.6) is 0 Å². The van der Waals surface area contributed by atoms with Crippen LogP contribution in [0.15, 0.2) is 119 Å². The number of pyridine rings is 1. The SMILES string of the molecule is CC(C)n1nc(-c2nc(N(C)C)c(N)nc2-c2ccccc2)ccc1=O.CC(C)n1nc(-c2nc(NCc3ccccn3)c(N)nc2-c2ccccc2)ccc1=O. The Bertz CT molecular complexity index is 2580. The van der Waals surface area contributed by atoms with Crippen molar-refractivity contribution in [2.24, 2.45) is 0 Å². The summed E-state index contributed by atoms with van der Waals surface area (Å²) in [6.07, 6.45) is 1.73. The molecule has 0 spiro atoms. The monoisotopic (exact) mass is 763 g/mol. The van der Waals surface area contributed by atoms with Gasteiger partial charge in [0.1, 0.15) is 34.2 Å². The summed E-state index contributed by atoms with van der Waals surface area (Å²) in [5.74, 6) is 1.61. The van der Waals surface area contributed by atoms with Gasteiger partial charge in [-0.1, -0.05) is 66.7 Å². The third-order valence-corrected chi connectivity index (χ3v) is 8.62. The summed E-state index contributed by atoms with van der Waals surface area (Å²) >= 11 is 0. The summed E-state index contributed by atoms with van der Waals surface area (Å²) in [6, 6.07) is 31.2. The van der Waals surface area contributed by atoms with Crippen LogP contribution in [-0.2, 0) is 6.54 Å². The number of hydrogen-bond acceptors (Lipinski definition) is 13. The quantitative estimate of drug-likeness (QED) is 0.144. The highest BCUT2D eigenvalue weighted by atomic mass is 16.1. The Morgan fingerprint density at radius 3 is 1.56 bits per heavy atom. The molecule has 7 aromatic rings. The molecule has 5 aromatic heterocycles. The minimum atomic E-state index is -0.170. The molecule has 0 aliphatic carbocycles. The van der Waals surface area contributed by atoms with E-state index in [0.717, 1.165) is 16.8 Å². The number of nitrogens with one attached hydrogen (secondary N) is 1. The number of nitrogen functional groups attached to an aromatic ring is 2. The molecule has 2 aromatic carbocycles. The van der Waals surface area contributed by atoms with Gasteiger partial charge >= 0.3 is 0 Å². The minimum absolute atomic E-state index is 0.0577. The molecule has 0 saturated heterocycles. The van der Waals surface area contributed by atoms with E-state index >= 15 is 0 Å². The average molecular weight is 764 g/mol. The van der Waals surface area contributed by atoms with Crippen molar-refractivity contribution < 1.29 is 0 Å². The molecule has 0 aliphatic rings. The number of anilines is 4. The molecule has 15 heteroatoms. The second kappa shape index (κ2) is 17.5. The van der Waals surface area contributed by atoms with Gasteiger partial charge in [0.05, 0.1) is 24.3 Å². The van der Waals surface area contributed by atoms with Crippen LogP contribution in [0.4, 0.5) is 23.3 Å². The molecule has 5 N–H and O–H groups in total. The van der Waals surface area contributed by atoms with Gasteiger partial charge in [-0.05, 0) is 52.0 Å². The summed E-state index contributed by atoms with van der Waals surface area (Å²) in [5, 5.41) is 12.2. The van der Waals surface area contributed by atoms with Crippen LogP contribution >= 0.6 is 0 Å². The highest BCUT2D eigenvalue weighted by Crippen LogP contribution is 2.33. The molecule has 0 fully saturated rings. The Hall–Kier alpha value is -7.29. The van der Waals surface area contributed by atoms with E-state index in [4.69, 9.17) is 21.4 Å². The predicted octanol–water partition coefficient (Wildman–Crippen LogP) is 6.13. The van der Waals surface area contributed by atoms with Gasteiger partial charge in [-0.25, -0.2) is 29.3 Å². The zero-order valence-corrected chi connectivity index (χ0v) is 32.7. The fourth-order valence-corrected chi connectivity index (χ4v) is 5.82. The topological polar surface area (TPSA) is 202 Å². The second-order valence-corrected chi connectivity index (χ2v) is 13.8. The van der Waals surface area contributed by atoms with Crippen LogP contribution in [0, 0.1) is 0 Å². The number of hydrogen-bond donors (Lipinski definition) is 3. The van der Waals surface area contributed by atoms with E-state index in [2.05, 4.69) is 30.5 Å². The summed E-state index contributed by atoms with van der Waals surface area (Å²) in [7, 11) is 3.71. The first-order chi connectivity index (χ1) is 27.4. The fourth-order valence-electron chi connectivity index (χ4n) is 5.82. The van der Waals surface area contributed by atoms with E-state index in [-0.39, 0.29) is 29.0 Å². The molecule has 290 valence electrons. The second-order valence-electron chi connectivity index (χ2n) is 13.8. The van der Waals surface area contributed by atoms with Crippen molar-refractivity contribution in [2.75, 3.05) is 35.8 Å². The summed E-state index contributed by atoms with van der Waals surface area (Å²) in [6.45, 7) is 8.09. The van der Waals surface area contributed by atoms with E-state index in [9.17, 15) is 9.59 Å². The van der Waals surface area contributed by atoms with Gasteiger partial charge in [-0.3, -0.25) is 14.6 Å². The molecule has 15 nitrogen and oxygen atoms in total. The molecule has 57 heavy (non-hydrogen) atoms. The zero-order valence-electron chi connectivity index (χ0n) is 32.7. The van der Waals surface area contributed by atoms with Crippen molar-refractivity contribution in [1.29, 1.82) is 0 Å². The standard InChI is InChI=1S/C23H23N7O.C19H22N6O/c1-15(2)30-19(31)12-11-18(29-30)21-20(16-8-4-3-5-9-16)27-22(24)23(28-21)26-14-17-10-6-7-13-25-17;1-12(2)25-15(26)11-10-14(23-25)17-16(13-8-6-5-7-9-13)21-18(20)19(22-17)24(3)4/h3-13,15H,14H2,1-2H3,(H2,24,27)(H,26,28);5-12H,1-4H3,(H2,20,21). The lowest BCUT2D eigenvalue weighted by atomic mass is 10.1. The third-order valence-electron chi connectivity index (χ3n) is 8.62. The van der Waals surface area contributed by atoms with Crippen molar-refractivity contribution in [3.63, 3.8) is 0 Å². The maximum atomic E-state index is 12.2. The summed E-state index contributed by atoms with van der Waals surface area (Å²) < 4.78 is 2.88. The molecule has 7 rings (SSSR count). The van der Waals surface area contributed by atoms with Crippen LogP contribution in [0.2, 0.25) is 0 Å². The van der Waals surface area contributed by atoms with Gasteiger partial charge in [0.25, 0.3) is 11.1 Å². The zero-order chi connectivity index (χ0) is 40.6. The van der Waals surface area contributed by atoms with Gasteiger partial charge in [0, 0.05) is 43.6 Å². The predicted molar refractivity (Wildman–Crippen MR) is 225 cm³/mol. The van der Waals surface area contributed by atoms with Crippen LogP contribution in [0.25, 0.3) is 45.3 Å². The first-order valence-electron chi connectivity index (χ1n) is 18.4. The van der Waals surface area contributed by atoms with Gasteiger partial charge < -0.3 is 21.7 Å². The molecule has 0 atom stereocenters. The fraction of sp³-hybridized carbons (Fsp3) is 0.214. The van der Waals surface area contributed by atoms with Crippen molar-refractivity contribution in [3.05, 3.63) is 136 Å². The molecule has 0 saturated carbocycles. The van der Waals surface area contributed by atoms with E-state index in [1.807, 2.05) is 121 Å². The smallest absolute Gasteiger partial charge is 0.267 e. The highest BCUT2D eigenvalue weighted by Gasteiger charge is 2.20. The van der Waals surface area contributed by atoms with E-state index in [1.54, 1.807) is 23.2 Å². The van der Waals surface area contributed by atoms with Crippen molar-refractivity contribution in [2.45, 2.75) is 46.3 Å². The lowest BCUT2D eigenvalue weighted by Crippen LogP contribution is -2.24. The molecular formula is C42H45N13O2. The first-order valence-corrected chi connectivity index (χ1v) is 18.4. The normalized spacial score (nSPS) is 10.9. The number of nitrogens with two attached hydrogens (primary N) is 2. The van der Waals surface area contributed by atoms with Crippen molar-refractivity contribution in [1.82, 2.24) is 44.5 Å². The number of rotatable bonds is 10. The van der Waals surface area contributed by atoms with E-state index < -0.39 is 0 Å².